The van der Waals surface area contributed by atoms with Crippen LogP contribution >= 0.6 is 0 Å². The second-order valence-corrected chi connectivity index (χ2v) is 5.85. The molecule has 1 heterocycles. The highest BCUT2D eigenvalue weighted by atomic mass is 19.1. The first-order valence-corrected chi connectivity index (χ1v) is 7.33. The van der Waals surface area contributed by atoms with E-state index in [0.29, 0.717) is 6.04 Å². The van der Waals surface area contributed by atoms with Crippen LogP contribution in [0.15, 0.2) is 24.3 Å². The number of nitrogens with two attached hydrogens (primary N) is 1. The molecule has 0 spiro atoms. The summed E-state index contributed by atoms with van der Waals surface area (Å²) in [5, 5.41) is 0. The van der Waals surface area contributed by atoms with E-state index in [-0.39, 0.29) is 11.9 Å². The molecule has 19 heavy (non-hydrogen) atoms. The zero-order valence-corrected chi connectivity index (χ0v) is 12.0. The Morgan fingerprint density at radius 1 is 1.42 bits per heavy atom. The quantitative estimate of drug-likeness (QED) is 0.903. The SMILES string of the molecule is CC1CCCN(CCC(N)c2cccc(F)c2)C1C. The fraction of sp³-hybridized carbons (Fsp3) is 0.625. The van der Waals surface area contributed by atoms with E-state index in [1.165, 1.54) is 25.5 Å². The van der Waals surface area contributed by atoms with Crippen LogP contribution in [-0.4, -0.2) is 24.0 Å². The smallest absolute Gasteiger partial charge is 0.123 e. The lowest BCUT2D eigenvalue weighted by Crippen LogP contribution is -2.43. The third-order valence-electron chi connectivity index (χ3n) is 4.51. The van der Waals surface area contributed by atoms with Crippen LogP contribution in [0.3, 0.4) is 0 Å². The van der Waals surface area contributed by atoms with Crippen LogP contribution in [0.25, 0.3) is 0 Å². The number of nitrogens with zero attached hydrogens (tertiary/aromatic N) is 1. The molecule has 1 aliphatic heterocycles. The molecular formula is C16H25FN2. The highest BCUT2D eigenvalue weighted by Crippen LogP contribution is 2.24. The molecular weight excluding hydrogens is 239 g/mol. The van der Waals surface area contributed by atoms with Gasteiger partial charge in [0.2, 0.25) is 0 Å². The van der Waals surface area contributed by atoms with E-state index in [1.807, 2.05) is 6.07 Å². The van der Waals surface area contributed by atoms with Gasteiger partial charge in [-0.1, -0.05) is 19.1 Å². The van der Waals surface area contributed by atoms with E-state index >= 15 is 0 Å². The average molecular weight is 264 g/mol. The van der Waals surface area contributed by atoms with Crippen LogP contribution in [0.4, 0.5) is 4.39 Å². The lowest BCUT2D eigenvalue weighted by atomic mass is 9.91. The van der Waals surface area contributed by atoms with Crippen LogP contribution < -0.4 is 5.73 Å². The lowest BCUT2D eigenvalue weighted by Gasteiger charge is -2.38. The topological polar surface area (TPSA) is 29.3 Å². The Balaban J connectivity index is 1.88. The fourth-order valence-electron chi connectivity index (χ4n) is 2.95. The van der Waals surface area contributed by atoms with E-state index in [1.54, 1.807) is 12.1 Å². The van der Waals surface area contributed by atoms with Gasteiger partial charge in [0, 0.05) is 18.6 Å². The highest BCUT2D eigenvalue weighted by Gasteiger charge is 2.24. The largest absolute Gasteiger partial charge is 0.324 e. The summed E-state index contributed by atoms with van der Waals surface area (Å²) >= 11 is 0. The first kappa shape index (κ1) is 14.5. The summed E-state index contributed by atoms with van der Waals surface area (Å²) in [5.41, 5.74) is 7.07. The van der Waals surface area contributed by atoms with Crippen molar-refractivity contribution in [3.8, 4) is 0 Å². The predicted octanol–water partition coefficient (Wildman–Crippen LogP) is 3.34. The molecule has 3 heteroatoms. The average Bonchev–Trinajstić information content (AvgIpc) is 2.40. The minimum Gasteiger partial charge on any atom is -0.324 e. The van der Waals surface area contributed by atoms with E-state index < -0.39 is 0 Å². The second kappa shape index (κ2) is 6.49. The van der Waals surface area contributed by atoms with Gasteiger partial charge in [-0.3, -0.25) is 0 Å². The maximum Gasteiger partial charge on any atom is 0.123 e. The maximum absolute atomic E-state index is 13.2. The van der Waals surface area contributed by atoms with Crippen molar-refractivity contribution < 1.29 is 4.39 Å². The van der Waals surface area contributed by atoms with Gasteiger partial charge in [0.05, 0.1) is 0 Å². The molecule has 3 unspecified atom stereocenters. The summed E-state index contributed by atoms with van der Waals surface area (Å²) in [7, 11) is 0. The van der Waals surface area contributed by atoms with Gasteiger partial charge >= 0.3 is 0 Å². The summed E-state index contributed by atoms with van der Waals surface area (Å²) in [5.74, 6) is 0.562. The van der Waals surface area contributed by atoms with Crippen molar-refractivity contribution in [1.29, 1.82) is 0 Å². The molecule has 1 aromatic carbocycles. The van der Waals surface area contributed by atoms with E-state index in [0.717, 1.165) is 24.4 Å². The summed E-state index contributed by atoms with van der Waals surface area (Å²) in [4.78, 5) is 2.52. The molecule has 0 bridgehead atoms. The Hall–Kier alpha value is -0.930. The molecule has 0 aromatic heterocycles. The Morgan fingerprint density at radius 3 is 2.95 bits per heavy atom. The van der Waals surface area contributed by atoms with Crippen LogP contribution in [-0.2, 0) is 0 Å². The predicted molar refractivity (Wildman–Crippen MR) is 77.4 cm³/mol. The number of hydrogen-bond acceptors (Lipinski definition) is 2. The van der Waals surface area contributed by atoms with Crippen LogP contribution in [0, 0.1) is 11.7 Å². The van der Waals surface area contributed by atoms with Crippen LogP contribution in [0.5, 0.6) is 0 Å². The Morgan fingerprint density at radius 2 is 2.21 bits per heavy atom. The number of hydrogen-bond donors (Lipinski definition) is 1. The first-order valence-electron chi connectivity index (χ1n) is 7.33. The van der Waals surface area contributed by atoms with Gasteiger partial charge in [-0.05, 0) is 56.3 Å². The van der Waals surface area contributed by atoms with Crippen molar-refractivity contribution >= 4 is 0 Å². The second-order valence-electron chi connectivity index (χ2n) is 5.85. The van der Waals surface area contributed by atoms with Crippen molar-refractivity contribution in [2.24, 2.45) is 11.7 Å². The Labute approximate surface area is 115 Å². The van der Waals surface area contributed by atoms with E-state index in [4.69, 9.17) is 5.73 Å². The minimum absolute atomic E-state index is 0.0693. The fourth-order valence-corrected chi connectivity index (χ4v) is 2.95. The van der Waals surface area contributed by atoms with Gasteiger partial charge in [-0.2, -0.15) is 0 Å². The third kappa shape index (κ3) is 3.77. The molecule has 1 saturated heterocycles. The summed E-state index contributed by atoms with van der Waals surface area (Å²) in [6.45, 7) is 6.80. The van der Waals surface area contributed by atoms with Crippen molar-refractivity contribution in [1.82, 2.24) is 4.90 Å². The number of piperidine rings is 1. The van der Waals surface area contributed by atoms with E-state index in [2.05, 4.69) is 18.7 Å². The van der Waals surface area contributed by atoms with Gasteiger partial charge in [0.1, 0.15) is 5.82 Å². The Kier molecular flexibility index (Phi) is 4.94. The number of halogens is 1. The Bertz CT molecular complexity index is 407. The monoisotopic (exact) mass is 264 g/mol. The zero-order valence-electron chi connectivity index (χ0n) is 12.0. The maximum atomic E-state index is 13.2. The molecule has 0 saturated carbocycles. The van der Waals surface area contributed by atoms with Crippen LogP contribution in [0.1, 0.15) is 44.7 Å². The van der Waals surface area contributed by atoms with Gasteiger partial charge in [-0.25, -0.2) is 4.39 Å². The molecule has 1 aliphatic rings. The summed E-state index contributed by atoms with van der Waals surface area (Å²) in [6.07, 6.45) is 3.49. The summed E-state index contributed by atoms with van der Waals surface area (Å²) in [6, 6.07) is 7.22. The zero-order chi connectivity index (χ0) is 13.8. The highest BCUT2D eigenvalue weighted by molar-refractivity contribution is 5.19. The van der Waals surface area contributed by atoms with Gasteiger partial charge in [0.25, 0.3) is 0 Å². The van der Waals surface area contributed by atoms with Gasteiger partial charge in [-0.15, -0.1) is 0 Å². The van der Waals surface area contributed by atoms with E-state index in [9.17, 15) is 4.39 Å². The summed E-state index contributed by atoms with van der Waals surface area (Å²) < 4.78 is 13.2. The number of likely N-dealkylation sites (tertiary alicyclic amines) is 1. The normalized spacial score (nSPS) is 26.3. The molecule has 0 radical (unpaired) electrons. The van der Waals surface area contributed by atoms with Crippen molar-refractivity contribution in [2.75, 3.05) is 13.1 Å². The minimum atomic E-state index is -0.201. The molecule has 0 amide bonds. The van der Waals surface area contributed by atoms with Gasteiger partial charge < -0.3 is 10.6 Å². The number of benzene rings is 1. The molecule has 1 aromatic rings. The van der Waals surface area contributed by atoms with Gasteiger partial charge in [0.15, 0.2) is 0 Å². The van der Waals surface area contributed by atoms with Crippen molar-refractivity contribution in [3.63, 3.8) is 0 Å². The van der Waals surface area contributed by atoms with Crippen molar-refractivity contribution in [3.05, 3.63) is 35.6 Å². The molecule has 2 nitrogen and oxygen atoms in total. The van der Waals surface area contributed by atoms with Crippen molar-refractivity contribution in [2.45, 2.75) is 45.2 Å². The van der Waals surface area contributed by atoms with Crippen LogP contribution in [0.2, 0.25) is 0 Å². The molecule has 1 fully saturated rings. The third-order valence-corrected chi connectivity index (χ3v) is 4.51. The molecule has 2 rings (SSSR count). The first-order chi connectivity index (χ1) is 9.08. The number of rotatable bonds is 4. The molecule has 106 valence electrons. The molecule has 2 N–H and O–H groups in total. The lowest BCUT2D eigenvalue weighted by molar-refractivity contribution is 0.110. The standard InChI is InChI=1S/C16H25FN2/c1-12-5-4-9-19(13(12)2)10-8-16(18)14-6-3-7-15(17)11-14/h3,6-7,11-13,16H,4-5,8-10,18H2,1-2H3. The molecule has 3 atom stereocenters. The molecule has 0 aliphatic carbocycles.